The van der Waals surface area contributed by atoms with Gasteiger partial charge in [-0.2, -0.15) is 13.2 Å². The predicted octanol–water partition coefficient (Wildman–Crippen LogP) is 4.86. The molecule has 0 atom stereocenters. The van der Waals surface area contributed by atoms with Gasteiger partial charge in [0.25, 0.3) is 0 Å². The highest BCUT2D eigenvalue weighted by molar-refractivity contribution is 9.10. The molecule has 1 rings (SSSR count). The van der Waals surface area contributed by atoms with Gasteiger partial charge in [0.1, 0.15) is 0 Å². The SMILES string of the molecule is FC(F)(F)Cc1c(Cl)cc(Cl)cc1Br. The Hall–Kier alpha value is 0.0700. The van der Waals surface area contributed by atoms with Crippen molar-refractivity contribution in [1.29, 1.82) is 0 Å². The Morgan fingerprint density at radius 3 is 2.21 bits per heavy atom. The van der Waals surface area contributed by atoms with Crippen molar-refractivity contribution in [2.75, 3.05) is 0 Å². The number of hydrogen-bond acceptors (Lipinski definition) is 0. The van der Waals surface area contributed by atoms with Crippen LogP contribution in [-0.2, 0) is 6.42 Å². The van der Waals surface area contributed by atoms with Crippen LogP contribution in [-0.4, -0.2) is 6.18 Å². The Morgan fingerprint density at radius 1 is 1.21 bits per heavy atom. The van der Waals surface area contributed by atoms with Crippen LogP contribution in [0.3, 0.4) is 0 Å². The highest BCUT2D eigenvalue weighted by atomic mass is 79.9. The standard InChI is InChI=1S/C8H4BrCl2F3/c9-6-1-4(10)2-7(11)5(6)3-8(12,13)14/h1-2H,3H2. The van der Waals surface area contributed by atoms with Gasteiger partial charge in [-0.3, -0.25) is 0 Å². The van der Waals surface area contributed by atoms with Crippen LogP contribution in [0.15, 0.2) is 16.6 Å². The summed E-state index contributed by atoms with van der Waals surface area (Å²) in [5, 5.41) is 0.314. The molecule has 78 valence electrons. The van der Waals surface area contributed by atoms with Gasteiger partial charge in [-0.15, -0.1) is 0 Å². The number of alkyl halides is 3. The van der Waals surface area contributed by atoms with Gasteiger partial charge >= 0.3 is 6.18 Å². The van der Waals surface area contributed by atoms with Gasteiger partial charge in [0, 0.05) is 14.5 Å². The average Bonchev–Trinajstić information content (AvgIpc) is 1.95. The van der Waals surface area contributed by atoms with Gasteiger partial charge in [0.15, 0.2) is 0 Å². The van der Waals surface area contributed by atoms with Crippen LogP contribution in [0.25, 0.3) is 0 Å². The second-order valence-corrected chi connectivity index (χ2v) is 4.34. The monoisotopic (exact) mass is 306 g/mol. The molecule has 0 saturated carbocycles. The second kappa shape index (κ2) is 4.29. The molecule has 0 bridgehead atoms. The zero-order valence-electron chi connectivity index (χ0n) is 6.63. The van der Waals surface area contributed by atoms with Crippen molar-refractivity contribution in [3.8, 4) is 0 Å². The second-order valence-electron chi connectivity index (χ2n) is 2.64. The summed E-state index contributed by atoms with van der Waals surface area (Å²) in [5.41, 5.74) is 0.00330. The van der Waals surface area contributed by atoms with Gasteiger partial charge in [-0.1, -0.05) is 39.1 Å². The highest BCUT2D eigenvalue weighted by Gasteiger charge is 2.30. The summed E-state index contributed by atoms with van der Waals surface area (Å²) < 4.78 is 36.5. The molecule has 0 heterocycles. The minimum Gasteiger partial charge on any atom is -0.171 e. The van der Waals surface area contributed by atoms with E-state index in [-0.39, 0.29) is 15.1 Å². The molecule has 0 fully saturated rings. The molecule has 1 aromatic carbocycles. The third-order valence-corrected chi connectivity index (χ3v) is 2.75. The molecule has 0 saturated heterocycles. The Morgan fingerprint density at radius 2 is 1.79 bits per heavy atom. The maximum atomic E-state index is 12.1. The number of hydrogen-bond donors (Lipinski definition) is 0. The minimum absolute atomic E-state index is 0.00330. The van der Waals surface area contributed by atoms with E-state index in [9.17, 15) is 13.2 Å². The molecule has 6 heteroatoms. The van der Waals surface area contributed by atoms with E-state index in [2.05, 4.69) is 15.9 Å². The van der Waals surface area contributed by atoms with Gasteiger partial charge in [0.2, 0.25) is 0 Å². The van der Waals surface area contributed by atoms with Crippen LogP contribution in [0.1, 0.15) is 5.56 Å². The minimum atomic E-state index is -4.28. The van der Waals surface area contributed by atoms with Gasteiger partial charge < -0.3 is 0 Å². The first kappa shape index (κ1) is 12.1. The maximum Gasteiger partial charge on any atom is 0.393 e. The fourth-order valence-electron chi connectivity index (χ4n) is 0.941. The Kier molecular flexibility index (Phi) is 3.72. The van der Waals surface area contributed by atoms with E-state index in [4.69, 9.17) is 23.2 Å². The zero-order chi connectivity index (χ0) is 10.9. The summed E-state index contributed by atoms with van der Waals surface area (Å²) in [7, 11) is 0. The lowest BCUT2D eigenvalue weighted by atomic mass is 10.1. The van der Waals surface area contributed by atoms with E-state index in [1.807, 2.05) is 0 Å². The predicted molar refractivity (Wildman–Crippen MR) is 53.9 cm³/mol. The molecule has 0 amide bonds. The van der Waals surface area contributed by atoms with Crippen molar-refractivity contribution in [3.63, 3.8) is 0 Å². The first-order valence-electron chi connectivity index (χ1n) is 3.50. The van der Waals surface area contributed by atoms with E-state index in [0.29, 0.717) is 5.02 Å². The largest absolute Gasteiger partial charge is 0.393 e. The summed E-state index contributed by atoms with van der Waals surface area (Å²) in [6, 6.07) is 2.67. The molecular formula is C8H4BrCl2F3. The van der Waals surface area contributed by atoms with Crippen LogP contribution in [0, 0.1) is 0 Å². The van der Waals surface area contributed by atoms with Crippen LogP contribution < -0.4 is 0 Å². The first-order chi connectivity index (χ1) is 6.29. The topological polar surface area (TPSA) is 0 Å². The van der Waals surface area contributed by atoms with E-state index in [0.717, 1.165) is 0 Å². The zero-order valence-corrected chi connectivity index (χ0v) is 9.73. The van der Waals surface area contributed by atoms with Gasteiger partial charge in [-0.25, -0.2) is 0 Å². The van der Waals surface area contributed by atoms with E-state index in [1.54, 1.807) is 0 Å². The fraction of sp³-hybridized carbons (Fsp3) is 0.250. The molecule has 14 heavy (non-hydrogen) atoms. The van der Waals surface area contributed by atoms with Crippen molar-refractivity contribution < 1.29 is 13.2 Å². The summed E-state index contributed by atoms with van der Waals surface area (Å²) in [5.74, 6) is 0. The van der Waals surface area contributed by atoms with E-state index in [1.165, 1.54) is 12.1 Å². The van der Waals surface area contributed by atoms with Crippen LogP contribution in [0.4, 0.5) is 13.2 Å². The number of rotatable bonds is 1. The lowest BCUT2D eigenvalue weighted by Crippen LogP contribution is -2.12. The summed E-state index contributed by atoms with van der Waals surface area (Å²) in [6.07, 6.45) is -5.34. The van der Waals surface area contributed by atoms with Crippen molar-refractivity contribution >= 4 is 39.1 Å². The molecular weight excluding hydrogens is 304 g/mol. The third kappa shape index (κ3) is 3.33. The summed E-state index contributed by atoms with van der Waals surface area (Å²) >= 11 is 14.2. The van der Waals surface area contributed by atoms with Crippen molar-refractivity contribution in [2.24, 2.45) is 0 Å². The molecule has 0 radical (unpaired) electrons. The fourth-order valence-corrected chi connectivity index (χ4v) is 2.35. The molecule has 0 aliphatic carbocycles. The molecule has 1 aromatic rings. The van der Waals surface area contributed by atoms with Crippen LogP contribution in [0.2, 0.25) is 10.0 Å². The van der Waals surface area contributed by atoms with Gasteiger partial charge in [-0.05, 0) is 17.7 Å². The van der Waals surface area contributed by atoms with E-state index >= 15 is 0 Å². The molecule has 0 aromatic heterocycles. The quantitative estimate of drug-likeness (QED) is 0.695. The van der Waals surface area contributed by atoms with E-state index < -0.39 is 12.6 Å². The van der Waals surface area contributed by atoms with Gasteiger partial charge in [0.05, 0.1) is 6.42 Å². The molecule has 0 N–H and O–H groups in total. The average molecular weight is 308 g/mol. The first-order valence-corrected chi connectivity index (χ1v) is 5.04. The van der Waals surface area contributed by atoms with Crippen LogP contribution >= 0.6 is 39.1 Å². The Balaban J connectivity index is 3.09. The smallest absolute Gasteiger partial charge is 0.171 e. The molecule has 0 nitrogen and oxygen atoms in total. The molecule has 0 aliphatic heterocycles. The lowest BCUT2D eigenvalue weighted by Gasteiger charge is -2.10. The van der Waals surface area contributed by atoms with Crippen LogP contribution in [0.5, 0.6) is 0 Å². The summed E-state index contributed by atoms with van der Waals surface area (Å²) in [6.45, 7) is 0. The maximum absolute atomic E-state index is 12.1. The Bertz CT molecular complexity index is 326. The van der Waals surface area contributed by atoms with Crippen molar-refractivity contribution in [3.05, 3.63) is 32.2 Å². The molecule has 0 aliphatic rings. The van der Waals surface area contributed by atoms with Crippen molar-refractivity contribution in [2.45, 2.75) is 12.6 Å². The number of benzene rings is 1. The number of halogens is 6. The Labute approximate surface area is 97.1 Å². The highest BCUT2D eigenvalue weighted by Crippen LogP contribution is 2.33. The van der Waals surface area contributed by atoms with Crippen molar-refractivity contribution in [1.82, 2.24) is 0 Å². The normalized spacial score (nSPS) is 11.9. The molecule has 0 spiro atoms. The lowest BCUT2D eigenvalue weighted by molar-refractivity contribution is -0.127. The summed E-state index contributed by atoms with van der Waals surface area (Å²) in [4.78, 5) is 0. The molecule has 0 unspecified atom stereocenters. The third-order valence-electron chi connectivity index (χ3n) is 1.48.